The van der Waals surface area contributed by atoms with Crippen LogP contribution in [0, 0.1) is 13.8 Å². The fourth-order valence-corrected chi connectivity index (χ4v) is 1.27. The molecule has 0 bridgehead atoms. The largest absolute Gasteiger partial charge is 0.378 e. The van der Waals surface area contributed by atoms with Crippen molar-refractivity contribution in [1.82, 2.24) is 0 Å². The van der Waals surface area contributed by atoms with Gasteiger partial charge in [0.05, 0.1) is 6.54 Å². The van der Waals surface area contributed by atoms with Crippen LogP contribution in [0.4, 0.5) is 14.5 Å². The first-order valence-electron chi connectivity index (χ1n) is 4.62. The maximum atomic E-state index is 11.9. The number of halogens is 2. The summed E-state index contributed by atoms with van der Waals surface area (Å²) in [5, 5.41) is 2.69. The summed E-state index contributed by atoms with van der Waals surface area (Å²) < 4.78 is 23.8. The van der Waals surface area contributed by atoms with Crippen LogP contribution in [-0.4, -0.2) is 18.8 Å². The molecule has 0 aliphatic heterocycles. The van der Waals surface area contributed by atoms with Crippen LogP contribution >= 0.6 is 0 Å². The van der Waals surface area contributed by atoms with Gasteiger partial charge in [-0.2, -0.15) is 0 Å². The fraction of sp³-hybridized carbons (Fsp3) is 0.364. The van der Waals surface area contributed by atoms with Crippen molar-refractivity contribution in [1.29, 1.82) is 0 Å². The second-order valence-electron chi connectivity index (χ2n) is 3.44. The van der Waals surface area contributed by atoms with Crippen LogP contribution in [0.3, 0.4) is 0 Å². The number of nitrogens with one attached hydrogen (secondary N) is 1. The van der Waals surface area contributed by atoms with Crippen LogP contribution in [0.5, 0.6) is 0 Å². The SMILES string of the molecule is Cc1ccc(NCC(=O)C(F)F)c(C)c1. The molecule has 82 valence electrons. The summed E-state index contributed by atoms with van der Waals surface area (Å²) >= 11 is 0. The Morgan fingerprint density at radius 1 is 1.40 bits per heavy atom. The third-order valence-corrected chi connectivity index (χ3v) is 2.08. The number of benzene rings is 1. The Balaban J connectivity index is 2.62. The summed E-state index contributed by atoms with van der Waals surface area (Å²) in [5.41, 5.74) is 2.75. The molecular formula is C11H13F2NO. The zero-order valence-electron chi connectivity index (χ0n) is 8.68. The lowest BCUT2D eigenvalue weighted by atomic mass is 10.1. The monoisotopic (exact) mass is 213 g/mol. The highest BCUT2D eigenvalue weighted by Crippen LogP contribution is 2.15. The Morgan fingerprint density at radius 2 is 2.07 bits per heavy atom. The van der Waals surface area contributed by atoms with E-state index in [0.717, 1.165) is 16.8 Å². The van der Waals surface area contributed by atoms with E-state index < -0.39 is 12.2 Å². The topological polar surface area (TPSA) is 29.1 Å². The van der Waals surface area contributed by atoms with Crippen LogP contribution < -0.4 is 5.32 Å². The normalized spacial score (nSPS) is 10.5. The van der Waals surface area contributed by atoms with E-state index in [-0.39, 0.29) is 6.54 Å². The summed E-state index contributed by atoms with van der Waals surface area (Å²) in [7, 11) is 0. The third-order valence-electron chi connectivity index (χ3n) is 2.08. The lowest BCUT2D eigenvalue weighted by Gasteiger charge is -2.09. The van der Waals surface area contributed by atoms with Crippen LogP contribution in [0.15, 0.2) is 18.2 Å². The highest BCUT2D eigenvalue weighted by atomic mass is 19.3. The van der Waals surface area contributed by atoms with Crippen molar-refractivity contribution < 1.29 is 13.6 Å². The third kappa shape index (κ3) is 3.31. The van der Waals surface area contributed by atoms with Gasteiger partial charge in [0.15, 0.2) is 0 Å². The molecule has 4 heteroatoms. The van der Waals surface area contributed by atoms with E-state index in [4.69, 9.17) is 0 Å². The van der Waals surface area contributed by atoms with Crippen molar-refractivity contribution in [2.45, 2.75) is 20.3 Å². The molecule has 1 N–H and O–H groups in total. The number of anilines is 1. The second-order valence-corrected chi connectivity index (χ2v) is 3.44. The molecule has 0 radical (unpaired) electrons. The van der Waals surface area contributed by atoms with Gasteiger partial charge in [0.2, 0.25) is 5.78 Å². The van der Waals surface area contributed by atoms with Crippen LogP contribution in [0.25, 0.3) is 0 Å². The van der Waals surface area contributed by atoms with Gasteiger partial charge in [0.1, 0.15) is 0 Å². The van der Waals surface area contributed by atoms with Crippen molar-refractivity contribution in [3.8, 4) is 0 Å². The van der Waals surface area contributed by atoms with Gasteiger partial charge in [0.25, 0.3) is 6.43 Å². The zero-order chi connectivity index (χ0) is 11.4. The molecule has 15 heavy (non-hydrogen) atoms. The molecule has 0 saturated carbocycles. The van der Waals surface area contributed by atoms with Gasteiger partial charge in [-0.1, -0.05) is 17.7 Å². The summed E-state index contributed by atoms with van der Waals surface area (Å²) in [6.45, 7) is 3.48. The van der Waals surface area contributed by atoms with Crippen LogP contribution in [-0.2, 0) is 4.79 Å². The Bertz CT molecular complexity index is 364. The van der Waals surface area contributed by atoms with E-state index in [9.17, 15) is 13.6 Å². The maximum Gasteiger partial charge on any atom is 0.297 e. The number of hydrogen-bond acceptors (Lipinski definition) is 2. The molecule has 0 heterocycles. The Labute approximate surface area is 87.3 Å². The summed E-state index contributed by atoms with van der Waals surface area (Å²) in [5.74, 6) is -1.09. The molecule has 0 spiro atoms. The first-order chi connectivity index (χ1) is 7.00. The minimum absolute atomic E-state index is 0.332. The van der Waals surface area contributed by atoms with E-state index in [2.05, 4.69) is 5.32 Å². The number of carbonyl (C=O) groups excluding carboxylic acids is 1. The maximum absolute atomic E-state index is 11.9. The van der Waals surface area contributed by atoms with Crippen molar-refractivity contribution in [3.05, 3.63) is 29.3 Å². The molecule has 0 amide bonds. The molecule has 1 rings (SSSR count). The van der Waals surface area contributed by atoms with Gasteiger partial charge in [-0.25, -0.2) is 8.78 Å². The molecule has 0 saturated heterocycles. The van der Waals surface area contributed by atoms with E-state index in [1.807, 2.05) is 26.0 Å². The standard InChI is InChI=1S/C11H13F2NO/c1-7-3-4-9(8(2)5-7)14-6-10(15)11(12)13/h3-5,11,14H,6H2,1-2H3. The minimum atomic E-state index is -2.90. The van der Waals surface area contributed by atoms with Crippen molar-refractivity contribution in [2.75, 3.05) is 11.9 Å². The van der Waals surface area contributed by atoms with Crippen molar-refractivity contribution >= 4 is 11.5 Å². The second kappa shape index (κ2) is 4.87. The molecule has 1 aromatic rings. The van der Waals surface area contributed by atoms with Crippen LogP contribution in [0.2, 0.25) is 0 Å². The van der Waals surface area contributed by atoms with Gasteiger partial charge in [0, 0.05) is 5.69 Å². The smallest absolute Gasteiger partial charge is 0.297 e. The van der Waals surface area contributed by atoms with Crippen molar-refractivity contribution in [3.63, 3.8) is 0 Å². The molecule has 0 aliphatic carbocycles. The summed E-state index contributed by atoms with van der Waals surface area (Å²) in [6.07, 6.45) is -2.90. The van der Waals surface area contributed by atoms with E-state index in [0.29, 0.717) is 0 Å². The lowest BCUT2D eigenvalue weighted by Crippen LogP contribution is -2.21. The van der Waals surface area contributed by atoms with E-state index in [1.54, 1.807) is 6.07 Å². The molecule has 1 aromatic carbocycles. The zero-order valence-corrected chi connectivity index (χ0v) is 8.68. The number of carbonyl (C=O) groups is 1. The average molecular weight is 213 g/mol. The highest BCUT2D eigenvalue weighted by molar-refractivity contribution is 5.85. The number of rotatable bonds is 4. The molecule has 0 fully saturated rings. The average Bonchev–Trinajstić information content (AvgIpc) is 2.15. The van der Waals surface area contributed by atoms with E-state index >= 15 is 0 Å². The molecule has 0 atom stereocenters. The first-order valence-corrected chi connectivity index (χ1v) is 4.62. The number of alkyl halides is 2. The van der Waals surface area contributed by atoms with Gasteiger partial charge in [-0.15, -0.1) is 0 Å². The quantitative estimate of drug-likeness (QED) is 0.832. The molecular weight excluding hydrogens is 200 g/mol. The number of ketones is 1. The fourth-order valence-electron chi connectivity index (χ4n) is 1.27. The summed E-state index contributed by atoms with van der Waals surface area (Å²) in [4.78, 5) is 10.7. The van der Waals surface area contributed by atoms with Gasteiger partial charge in [-0.05, 0) is 25.5 Å². The van der Waals surface area contributed by atoms with Crippen molar-refractivity contribution in [2.24, 2.45) is 0 Å². The number of Topliss-reactive ketones (excluding diaryl/α,β-unsaturated/α-hetero) is 1. The Hall–Kier alpha value is -1.45. The Kier molecular flexibility index (Phi) is 3.77. The number of aryl methyl sites for hydroxylation is 2. The highest BCUT2D eigenvalue weighted by Gasteiger charge is 2.14. The molecule has 0 unspecified atom stereocenters. The summed E-state index contributed by atoms with van der Waals surface area (Å²) in [6, 6.07) is 5.57. The van der Waals surface area contributed by atoms with Gasteiger partial charge in [-0.3, -0.25) is 4.79 Å². The van der Waals surface area contributed by atoms with Gasteiger partial charge >= 0.3 is 0 Å². The Morgan fingerprint density at radius 3 is 2.60 bits per heavy atom. The molecule has 2 nitrogen and oxygen atoms in total. The minimum Gasteiger partial charge on any atom is -0.378 e. The van der Waals surface area contributed by atoms with Gasteiger partial charge < -0.3 is 5.32 Å². The first kappa shape index (κ1) is 11.6. The predicted octanol–water partition coefficient (Wildman–Crippen LogP) is 2.55. The molecule has 0 aliphatic rings. The molecule has 0 aromatic heterocycles. The lowest BCUT2D eigenvalue weighted by molar-refractivity contribution is -0.127. The predicted molar refractivity (Wildman–Crippen MR) is 55.4 cm³/mol. The van der Waals surface area contributed by atoms with E-state index in [1.165, 1.54) is 0 Å². The number of hydrogen-bond donors (Lipinski definition) is 1. The van der Waals surface area contributed by atoms with Crippen LogP contribution in [0.1, 0.15) is 11.1 Å².